The number of ketones is 2. The van der Waals surface area contributed by atoms with Crippen molar-refractivity contribution in [3.8, 4) is 5.75 Å². The predicted octanol–water partition coefficient (Wildman–Crippen LogP) is 4.16. The van der Waals surface area contributed by atoms with Crippen LogP contribution in [0.15, 0.2) is 83.0 Å². The molecule has 6 nitrogen and oxygen atoms in total. The molecule has 2 aromatic carbocycles. The molecule has 4 aliphatic rings. The zero-order valence-corrected chi connectivity index (χ0v) is 20.1. The number of benzene rings is 2. The summed E-state index contributed by atoms with van der Waals surface area (Å²) in [5.41, 5.74) is 2.48. The van der Waals surface area contributed by atoms with Gasteiger partial charge >= 0.3 is 0 Å². The molecule has 37 heavy (non-hydrogen) atoms. The van der Waals surface area contributed by atoms with E-state index in [1.54, 1.807) is 6.92 Å². The molecule has 0 aromatic heterocycles. The minimum Gasteiger partial charge on any atom is -0.505 e. The van der Waals surface area contributed by atoms with Gasteiger partial charge in [0.25, 0.3) is 0 Å². The van der Waals surface area contributed by atoms with Crippen molar-refractivity contribution < 1.29 is 28.7 Å². The summed E-state index contributed by atoms with van der Waals surface area (Å²) >= 11 is 0. The highest BCUT2D eigenvalue weighted by molar-refractivity contribution is 6.23. The quantitative estimate of drug-likeness (QED) is 0.391. The molecule has 2 aromatic rings. The van der Waals surface area contributed by atoms with Crippen LogP contribution < -0.4 is 0 Å². The average Bonchev–Trinajstić information content (AvgIpc) is 3.13. The van der Waals surface area contributed by atoms with Gasteiger partial charge < -0.3 is 5.11 Å². The topological polar surface area (TPSA) is 91.8 Å². The summed E-state index contributed by atoms with van der Waals surface area (Å²) < 4.78 is 14.4. The number of hydrogen-bond acceptors (Lipinski definition) is 5. The highest BCUT2D eigenvalue weighted by Crippen LogP contribution is 2.56. The van der Waals surface area contributed by atoms with Crippen LogP contribution in [0.2, 0.25) is 0 Å². The molecule has 0 radical (unpaired) electrons. The van der Waals surface area contributed by atoms with Crippen molar-refractivity contribution in [2.75, 3.05) is 0 Å². The van der Waals surface area contributed by atoms with Crippen molar-refractivity contribution in [2.45, 2.75) is 32.2 Å². The van der Waals surface area contributed by atoms with Gasteiger partial charge in [-0.1, -0.05) is 54.1 Å². The molecule has 1 saturated heterocycles. The van der Waals surface area contributed by atoms with Crippen molar-refractivity contribution in [1.82, 2.24) is 4.90 Å². The highest BCUT2D eigenvalue weighted by Gasteiger charge is 2.56. The number of phenols is 1. The van der Waals surface area contributed by atoms with Gasteiger partial charge in [0.15, 0.2) is 23.1 Å². The molecule has 186 valence electrons. The molecule has 7 heteroatoms. The standard InChI is InChI=1S/C30H24FNO5/c1-15-12-23(33)26-21(27(15)34)13-20-17(24(26)18-8-5-9-22(31)28(18)35)10-11-19-25(20)30(37)32(29(19)36)14-16-6-3-2-4-7-16/h2-10,12,19-20,24-25,35H,11,13-14H2,1H3/t19-,20+,24+,25-/m0/s1. The van der Waals surface area contributed by atoms with E-state index < -0.39 is 35.2 Å². The maximum Gasteiger partial charge on any atom is 0.234 e. The molecule has 1 N–H and O–H groups in total. The largest absolute Gasteiger partial charge is 0.505 e. The first kappa shape index (κ1) is 23.3. The molecule has 1 heterocycles. The zero-order valence-electron chi connectivity index (χ0n) is 20.1. The van der Waals surface area contributed by atoms with Crippen LogP contribution in [0, 0.1) is 23.6 Å². The molecule has 0 spiro atoms. The fraction of sp³-hybridized carbons (Fsp3) is 0.267. The minimum absolute atomic E-state index is 0.142. The summed E-state index contributed by atoms with van der Waals surface area (Å²) in [7, 11) is 0. The lowest BCUT2D eigenvalue weighted by Crippen LogP contribution is -2.39. The van der Waals surface area contributed by atoms with Gasteiger partial charge in [-0.25, -0.2) is 4.39 Å². The maximum atomic E-state index is 14.4. The number of imide groups is 1. The second kappa shape index (κ2) is 8.47. The van der Waals surface area contributed by atoms with Crippen molar-refractivity contribution in [1.29, 1.82) is 0 Å². The third-order valence-electron chi connectivity index (χ3n) is 8.17. The monoisotopic (exact) mass is 497 g/mol. The molecule has 0 unspecified atom stereocenters. The number of allylic oxidation sites excluding steroid dienone is 6. The fourth-order valence-corrected chi connectivity index (χ4v) is 6.49. The first-order valence-electron chi connectivity index (χ1n) is 12.3. The number of carbonyl (C=O) groups is 4. The molecule has 1 fully saturated rings. The number of hydrogen-bond donors (Lipinski definition) is 1. The summed E-state index contributed by atoms with van der Waals surface area (Å²) in [6, 6.07) is 13.4. The Labute approximate surface area is 212 Å². The summed E-state index contributed by atoms with van der Waals surface area (Å²) in [6.45, 7) is 1.73. The number of aromatic hydroxyl groups is 1. The van der Waals surface area contributed by atoms with Crippen LogP contribution in [-0.4, -0.2) is 33.4 Å². The Kier molecular flexibility index (Phi) is 5.33. The van der Waals surface area contributed by atoms with Gasteiger partial charge in [-0.2, -0.15) is 0 Å². The Bertz CT molecular complexity index is 1480. The Morgan fingerprint density at radius 1 is 0.973 bits per heavy atom. The summed E-state index contributed by atoms with van der Waals surface area (Å²) in [4.78, 5) is 54.9. The Hall–Kier alpha value is -4.13. The number of carbonyl (C=O) groups excluding carboxylic acids is 4. The number of fused-ring (bicyclic) bond motifs is 3. The van der Waals surface area contributed by atoms with Crippen LogP contribution in [-0.2, 0) is 25.7 Å². The van der Waals surface area contributed by atoms with Crippen LogP contribution in [0.1, 0.15) is 36.8 Å². The number of phenolic OH excluding ortho intramolecular Hbond substituents is 1. The van der Waals surface area contributed by atoms with Gasteiger partial charge in [0.1, 0.15) is 0 Å². The van der Waals surface area contributed by atoms with Crippen LogP contribution in [0.5, 0.6) is 5.75 Å². The second-order valence-corrected chi connectivity index (χ2v) is 10.2. The Morgan fingerprint density at radius 2 is 1.73 bits per heavy atom. The van der Waals surface area contributed by atoms with Gasteiger partial charge in [-0.15, -0.1) is 0 Å². The third kappa shape index (κ3) is 3.44. The highest BCUT2D eigenvalue weighted by atomic mass is 19.1. The number of para-hydroxylation sites is 1. The van der Waals surface area contributed by atoms with Gasteiger partial charge in [-0.3, -0.25) is 24.1 Å². The number of Topliss-reactive ketones (excluding diaryl/α,β-unsaturated/α-hetero) is 1. The van der Waals surface area contributed by atoms with E-state index in [4.69, 9.17) is 0 Å². The number of likely N-dealkylation sites (tertiary alicyclic amines) is 1. The van der Waals surface area contributed by atoms with E-state index in [0.29, 0.717) is 17.6 Å². The smallest absolute Gasteiger partial charge is 0.234 e. The molecular weight excluding hydrogens is 473 g/mol. The molecule has 0 bridgehead atoms. The summed E-state index contributed by atoms with van der Waals surface area (Å²) in [5.74, 6) is -5.30. The third-order valence-corrected chi connectivity index (χ3v) is 8.17. The van der Waals surface area contributed by atoms with E-state index >= 15 is 0 Å². The van der Waals surface area contributed by atoms with Crippen molar-refractivity contribution in [3.05, 3.63) is 99.9 Å². The van der Waals surface area contributed by atoms with Crippen LogP contribution in [0.3, 0.4) is 0 Å². The lowest BCUT2D eigenvalue weighted by atomic mass is 9.59. The van der Waals surface area contributed by atoms with Gasteiger partial charge in [-0.05, 0) is 43.4 Å². The van der Waals surface area contributed by atoms with Crippen LogP contribution in [0.25, 0.3) is 0 Å². The number of halogens is 1. The maximum absolute atomic E-state index is 14.4. The summed E-state index contributed by atoms with van der Waals surface area (Å²) in [6.07, 6.45) is 3.56. The minimum atomic E-state index is -0.878. The van der Waals surface area contributed by atoms with Crippen molar-refractivity contribution >= 4 is 23.4 Å². The van der Waals surface area contributed by atoms with Gasteiger partial charge in [0.2, 0.25) is 11.8 Å². The number of rotatable bonds is 3. The SMILES string of the molecule is CC1=CC(=O)C2=C(C[C@@H]3C(=CC[C@@H]4C(=O)N(Cc5ccccc5)C(=O)[C@@H]43)[C@@H]2c2cccc(F)c2O)C1=O. The van der Waals surface area contributed by atoms with Gasteiger partial charge in [0, 0.05) is 28.2 Å². The van der Waals surface area contributed by atoms with E-state index in [9.17, 15) is 28.7 Å². The average molecular weight is 498 g/mol. The number of nitrogens with zero attached hydrogens (tertiary/aromatic N) is 1. The molecule has 1 aliphatic heterocycles. The normalized spacial score (nSPS) is 27.0. The van der Waals surface area contributed by atoms with Crippen molar-refractivity contribution in [2.24, 2.45) is 17.8 Å². The van der Waals surface area contributed by atoms with Crippen molar-refractivity contribution in [3.63, 3.8) is 0 Å². The Morgan fingerprint density at radius 3 is 2.49 bits per heavy atom. The van der Waals surface area contributed by atoms with Crippen LogP contribution in [0.4, 0.5) is 4.39 Å². The van der Waals surface area contributed by atoms with E-state index in [-0.39, 0.29) is 53.1 Å². The molecule has 4 atom stereocenters. The second-order valence-electron chi connectivity index (χ2n) is 10.2. The Balaban J connectivity index is 1.47. The molecular formula is C30H24FNO5. The molecule has 3 aliphatic carbocycles. The zero-order chi connectivity index (χ0) is 26.0. The molecule has 2 amide bonds. The van der Waals surface area contributed by atoms with Crippen LogP contribution >= 0.6 is 0 Å². The first-order chi connectivity index (χ1) is 17.8. The van der Waals surface area contributed by atoms with Gasteiger partial charge in [0.05, 0.1) is 18.4 Å². The lowest BCUT2D eigenvalue weighted by molar-refractivity contribution is -0.140. The van der Waals surface area contributed by atoms with E-state index in [1.165, 1.54) is 23.1 Å². The van der Waals surface area contributed by atoms with E-state index in [2.05, 4.69) is 0 Å². The lowest BCUT2D eigenvalue weighted by Gasteiger charge is -2.42. The fourth-order valence-electron chi connectivity index (χ4n) is 6.49. The first-order valence-corrected chi connectivity index (χ1v) is 12.3. The predicted molar refractivity (Wildman–Crippen MR) is 131 cm³/mol. The summed E-state index contributed by atoms with van der Waals surface area (Å²) in [5, 5.41) is 10.7. The number of amides is 2. The van der Waals surface area contributed by atoms with E-state index in [0.717, 1.165) is 11.6 Å². The molecule has 6 rings (SSSR count). The van der Waals surface area contributed by atoms with E-state index in [1.807, 2.05) is 36.4 Å². The molecule has 0 saturated carbocycles.